The molecule has 2 rings (SSSR count). The van der Waals surface area contributed by atoms with Crippen molar-refractivity contribution in [1.29, 1.82) is 0 Å². The molecule has 0 aliphatic carbocycles. The number of halogens is 4. The Morgan fingerprint density at radius 2 is 1.64 bits per heavy atom. The standard InChI is InChI=1S/C19H20Br2Cl2N2O3/c1-9-13(22)7-14(17(27)15(9)23)25(18(28)24-19(2,3)4)8-10-5-11(20)16(26)12(21)6-10/h5-7,26-27H,8H2,1-4H3,(H,24,28). The van der Waals surface area contributed by atoms with Crippen LogP contribution in [0.15, 0.2) is 27.1 Å². The van der Waals surface area contributed by atoms with Gasteiger partial charge in [-0.05, 0) is 88.9 Å². The topological polar surface area (TPSA) is 72.8 Å². The fraction of sp³-hybridized carbons (Fsp3) is 0.316. The lowest BCUT2D eigenvalue weighted by molar-refractivity contribution is 0.237. The number of phenols is 2. The Morgan fingerprint density at radius 3 is 2.14 bits per heavy atom. The van der Waals surface area contributed by atoms with E-state index in [9.17, 15) is 15.0 Å². The fourth-order valence-electron chi connectivity index (χ4n) is 2.44. The monoisotopic (exact) mass is 552 g/mol. The first-order valence-corrected chi connectivity index (χ1v) is 10.6. The Labute approximate surface area is 190 Å². The van der Waals surface area contributed by atoms with Crippen LogP contribution in [0.2, 0.25) is 10.0 Å². The van der Waals surface area contributed by atoms with E-state index in [2.05, 4.69) is 37.2 Å². The predicted molar refractivity (Wildman–Crippen MR) is 121 cm³/mol. The van der Waals surface area contributed by atoms with Crippen LogP contribution >= 0.6 is 55.1 Å². The van der Waals surface area contributed by atoms with Crippen LogP contribution in [0.25, 0.3) is 0 Å². The van der Waals surface area contributed by atoms with Crippen LogP contribution in [-0.4, -0.2) is 21.8 Å². The Bertz CT molecular complexity index is 907. The van der Waals surface area contributed by atoms with Gasteiger partial charge in [-0.2, -0.15) is 0 Å². The average Bonchev–Trinajstić information content (AvgIpc) is 2.57. The van der Waals surface area contributed by atoms with E-state index in [1.165, 1.54) is 11.0 Å². The van der Waals surface area contributed by atoms with Crippen LogP contribution in [0.5, 0.6) is 11.5 Å². The highest BCUT2D eigenvalue weighted by Crippen LogP contribution is 2.42. The molecule has 0 atom stereocenters. The van der Waals surface area contributed by atoms with Crippen LogP contribution in [0.1, 0.15) is 31.9 Å². The molecule has 0 saturated carbocycles. The average molecular weight is 555 g/mol. The number of amides is 2. The summed E-state index contributed by atoms with van der Waals surface area (Å²) in [4.78, 5) is 14.4. The van der Waals surface area contributed by atoms with Crippen LogP contribution in [-0.2, 0) is 6.54 Å². The van der Waals surface area contributed by atoms with Crippen molar-refractivity contribution in [3.05, 3.63) is 48.3 Å². The number of rotatable bonds is 3. The quantitative estimate of drug-likeness (QED) is 0.393. The molecule has 0 unspecified atom stereocenters. The summed E-state index contributed by atoms with van der Waals surface area (Å²) in [6.07, 6.45) is 0. The van der Waals surface area contributed by atoms with Gasteiger partial charge in [-0.1, -0.05) is 23.2 Å². The Kier molecular flexibility index (Phi) is 7.18. The molecular formula is C19H20Br2Cl2N2O3. The first kappa shape index (κ1) is 23.1. The highest BCUT2D eigenvalue weighted by Gasteiger charge is 2.26. The molecule has 5 nitrogen and oxygen atoms in total. The van der Waals surface area contributed by atoms with Gasteiger partial charge in [0.15, 0.2) is 5.75 Å². The Morgan fingerprint density at radius 1 is 1.11 bits per heavy atom. The first-order valence-electron chi connectivity index (χ1n) is 8.26. The van der Waals surface area contributed by atoms with Crippen molar-refractivity contribution in [3.63, 3.8) is 0 Å². The number of urea groups is 1. The Hall–Kier alpha value is -1.15. The molecule has 0 aromatic heterocycles. The van der Waals surface area contributed by atoms with Crippen molar-refractivity contribution in [2.45, 2.75) is 39.8 Å². The summed E-state index contributed by atoms with van der Waals surface area (Å²) in [6.45, 7) is 7.34. The molecule has 152 valence electrons. The molecule has 2 aromatic carbocycles. The minimum Gasteiger partial charge on any atom is -0.506 e. The van der Waals surface area contributed by atoms with Crippen molar-refractivity contribution >= 4 is 66.8 Å². The molecule has 28 heavy (non-hydrogen) atoms. The molecule has 9 heteroatoms. The molecule has 0 radical (unpaired) electrons. The molecule has 0 aliphatic rings. The number of nitrogens with one attached hydrogen (secondary N) is 1. The number of nitrogens with zero attached hydrogens (tertiary/aromatic N) is 1. The maximum Gasteiger partial charge on any atom is 0.322 e. The lowest BCUT2D eigenvalue weighted by atomic mass is 10.1. The van der Waals surface area contributed by atoms with Gasteiger partial charge in [-0.15, -0.1) is 0 Å². The summed E-state index contributed by atoms with van der Waals surface area (Å²) in [7, 11) is 0. The fourth-order valence-corrected chi connectivity index (χ4v) is 4.17. The van der Waals surface area contributed by atoms with Crippen molar-refractivity contribution in [1.82, 2.24) is 5.32 Å². The smallest absolute Gasteiger partial charge is 0.322 e. The second-order valence-corrected chi connectivity index (χ2v) is 9.83. The van der Waals surface area contributed by atoms with Gasteiger partial charge in [0.2, 0.25) is 0 Å². The molecule has 2 amide bonds. The van der Waals surface area contributed by atoms with Crippen LogP contribution in [0, 0.1) is 6.92 Å². The highest BCUT2D eigenvalue weighted by atomic mass is 79.9. The SMILES string of the molecule is Cc1c(Cl)cc(N(Cc2cc(Br)c(O)c(Br)c2)C(=O)NC(C)(C)C)c(O)c1Cl. The third kappa shape index (κ3) is 5.26. The lowest BCUT2D eigenvalue weighted by Gasteiger charge is -2.30. The van der Waals surface area contributed by atoms with E-state index in [-0.39, 0.29) is 28.8 Å². The second-order valence-electron chi connectivity index (χ2n) is 7.34. The van der Waals surface area contributed by atoms with E-state index in [0.717, 1.165) is 0 Å². The third-order valence-electron chi connectivity index (χ3n) is 3.84. The number of benzene rings is 2. The zero-order valence-corrected chi connectivity index (χ0v) is 20.4. The second kappa shape index (κ2) is 8.69. The summed E-state index contributed by atoms with van der Waals surface area (Å²) in [5.41, 5.74) is 0.908. The molecule has 0 bridgehead atoms. The number of carbonyl (C=O) groups is 1. The first-order chi connectivity index (χ1) is 12.8. The number of hydrogen-bond acceptors (Lipinski definition) is 3. The van der Waals surface area contributed by atoms with Gasteiger partial charge in [0, 0.05) is 10.6 Å². The molecule has 0 fully saturated rings. The number of hydrogen-bond donors (Lipinski definition) is 3. The van der Waals surface area contributed by atoms with E-state index >= 15 is 0 Å². The minimum atomic E-state index is -0.501. The molecule has 0 aliphatic heterocycles. The van der Waals surface area contributed by atoms with Gasteiger partial charge in [0.1, 0.15) is 5.75 Å². The molecule has 0 heterocycles. The number of anilines is 1. The normalized spacial score (nSPS) is 11.4. The summed E-state index contributed by atoms with van der Waals surface area (Å²) in [5.74, 6) is -0.178. The number of phenolic OH excluding ortho intramolecular Hbond substituents is 2. The summed E-state index contributed by atoms with van der Waals surface area (Å²) in [6, 6.07) is 4.45. The molecule has 0 spiro atoms. The van der Waals surface area contributed by atoms with Crippen molar-refractivity contribution in [2.75, 3.05) is 4.90 Å². The third-order valence-corrected chi connectivity index (χ3v) is 5.90. The van der Waals surface area contributed by atoms with Crippen LogP contribution in [0.4, 0.5) is 10.5 Å². The molecule has 3 N–H and O–H groups in total. The highest BCUT2D eigenvalue weighted by molar-refractivity contribution is 9.11. The zero-order valence-electron chi connectivity index (χ0n) is 15.7. The van der Waals surface area contributed by atoms with Crippen LogP contribution in [0.3, 0.4) is 0 Å². The molecular weight excluding hydrogens is 535 g/mol. The van der Waals surface area contributed by atoms with Gasteiger partial charge in [0.25, 0.3) is 0 Å². The van der Waals surface area contributed by atoms with Gasteiger partial charge in [0.05, 0.1) is 26.2 Å². The minimum absolute atomic E-state index is 0.0544. The number of aromatic hydroxyl groups is 2. The van der Waals surface area contributed by atoms with Gasteiger partial charge in [-0.25, -0.2) is 4.79 Å². The molecule has 2 aromatic rings. The Balaban J connectivity index is 2.57. The molecule has 0 saturated heterocycles. The van der Waals surface area contributed by atoms with Gasteiger partial charge < -0.3 is 15.5 Å². The maximum absolute atomic E-state index is 13.0. The van der Waals surface area contributed by atoms with E-state index in [1.807, 2.05) is 20.8 Å². The van der Waals surface area contributed by atoms with E-state index in [1.54, 1.807) is 19.1 Å². The maximum atomic E-state index is 13.0. The van der Waals surface area contributed by atoms with E-state index in [0.29, 0.717) is 25.1 Å². The summed E-state index contributed by atoms with van der Waals surface area (Å²) < 4.78 is 0.939. The summed E-state index contributed by atoms with van der Waals surface area (Å²) in [5, 5.41) is 23.8. The lowest BCUT2D eigenvalue weighted by Crippen LogP contribution is -2.48. The van der Waals surface area contributed by atoms with Crippen molar-refractivity contribution < 1.29 is 15.0 Å². The number of carbonyl (C=O) groups excluding carboxylic acids is 1. The predicted octanol–water partition coefficient (Wildman–Crippen LogP) is 6.75. The van der Waals surface area contributed by atoms with Crippen molar-refractivity contribution in [2.24, 2.45) is 0 Å². The summed E-state index contributed by atoms with van der Waals surface area (Å²) >= 11 is 19.0. The van der Waals surface area contributed by atoms with E-state index < -0.39 is 11.6 Å². The van der Waals surface area contributed by atoms with Gasteiger partial charge in [-0.3, -0.25) is 4.90 Å². The van der Waals surface area contributed by atoms with Crippen molar-refractivity contribution in [3.8, 4) is 11.5 Å². The largest absolute Gasteiger partial charge is 0.506 e. The van der Waals surface area contributed by atoms with Gasteiger partial charge >= 0.3 is 6.03 Å². The van der Waals surface area contributed by atoms with E-state index in [4.69, 9.17) is 23.2 Å². The zero-order chi connectivity index (χ0) is 21.4. The van der Waals surface area contributed by atoms with Crippen LogP contribution < -0.4 is 10.2 Å².